The molecule has 0 atom stereocenters. The third kappa shape index (κ3) is 5.46. The van der Waals surface area contributed by atoms with E-state index in [4.69, 9.17) is 28.7 Å². The highest BCUT2D eigenvalue weighted by Crippen LogP contribution is 2.41. The van der Waals surface area contributed by atoms with E-state index < -0.39 is 0 Å². The van der Waals surface area contributed by atoms with E-state index in [1.165, 1.54) is 17.4 Å². The number of fused-ring (bicyclic) bond motifs is 1. The number of benzene rings is 3. The second-order valence-electron chi connectivity index (χ2n) is 7.85. The quantitative estimate of drug-likeness (QED) is 0.252. The number of ether oxygens (including phenoxy) is 5. The molecule has 192 valence electrons. The van der Waals surface area contributed by atoms with Crippen molar-refractivity contribution in [2.24, 2.45) is 0 Å². The molecule has 1 aromatic heterocycles. The van der Waals surface area contributed by atoms with Gasteiger partial charge in [-0.25, -0.2) is 4.98 Å². The van der Waals surface area contributed by atoms with Crippen LogP contribution in [0.4, 0.5) is 5.13 Å². The van der Waals surface area contributed by atoms with Crippen LogP contribution in [0.5, 0.6) is 28.7 Å². The molecule has 3 aromatic carbocycles. The van der Waals surface area contributed by atoms with Crippen molar-refractivity contribution in [2.45, 2.75) is 6.54 Å². The van der Waals surface area contributed by atoms with Gasteiger partial charge in [0.05, 0.1) is 42.1 Å². The lowest BCUT2D eigenvalue weighted by Gasteiger charge is -2.18. The van der Waals surface area contributed by atoms with E-state index >= 15 is 0 Å². The first-order valence-corrected chi connectivity index (χ1v) is 12.2. The number of hydrogen-bond acceptors (Lipinski definition) is 8. The van der Waals surface area contributed by atoms with Crippen LogP contribution in [-0.4, -0.2) is 46.4 Å². The van der Waals surface area contributed by atoms with Gasteiger partial charge in [0.15, 0.2) is 16.6 Å². The number of methoxy groups -OCH3 is 5. The van der Waals surface area contributed by atoms with Crippen LogP contribution in [0.25, 0.3) is 16.3 Å². The Bertz CT molecular complexity index is 1350. The number of nitrogens with zero attached hydrogens (tertiary/aromatic N) is 2. The van der Waals surface area contributed by atoms with Gasteiger partial charge in [-0.1, -0.05) is 41.7 Å². The lowest BCUT2D eigenvalue weighted by Crippen LogP contribution is -2.28. The molecule has 0 saturated heterocycles. The standard InChI is InChI=1S/C28H28N2O6S/c1-32-20-12-13-21(33-2)27-25(20)29-28(37-27)30(17-18-9-7-6-8-10-18)24(31)14-11-19-15-22(34-3)26(36-5)23(16-19)35-4/h6-16H,17H2,1-5H3/b14-11+. The van der Waals surface area contributed by atoms with E-state index in [-0.39, 0.29) is 5.91 Å². The number of thiazole rings is 1. The first-order chi connectivity index (χ1) is 18.0. The summed E-state index contributed by atoms with van der Waals surface area (Å²) >= 11 is 1.37. The molecule has 9 heteroatoms. The Morgan fingerprint density at radius 3 is 2.05 bits per heavy atom. The minimum atomic E-state index is -0.241. The highest BCUT2D eigenvalue weighted by molar-refractivity contribution is 7.22. The van der Waals surface area contributed by atoms with Crippen LogP contribution in [0, 0.1) is 0 Å². The lowest BCUT2D eigenvalue weighted by molar-refractivity contribution is -0.114. The zero-order valence-electron chi connectivity index (χ0n) is 21.3. The normalized spacial score (nSPS) is 10.9. The molecule has 0 N–H and O–H groups in total. The summed E-state index contributed by atoms with van der Waals surface area (Å²) < 4.78 is 28.1. The van der Waals surface area contributed by atoms with Crippen molar-refractivity contribution in [3.05, 3.63) is 71.8 Å². The summed E-state index contributed by atoms with van der Waals surface area (Å²) in [6, 6.07) is 16.9. The van der Waals surface area contributed by atoms with Crippen LogP contribution in [0.15, 0.2) is 60.7 Å². The Morgan fingerprint density at radius 1 is 0.838 bits per heavy atom. The van der Waals surface area contributed by atoms with Gasteiger partial charge in [-0.3, -0.25) is 9.69 Å². The van der Waals surface area contributed by atoms with Crippen LogP contribution in [0.3, 0.4) is 0 Å². The average Bonchev–Trinajstić information content (AvgIpc) is 3.39. The Hall–Kier alpha value is -4.24. The molecule has 0 fully saturated rings. The van der Waals surface area contributed by atoms with E-state index in [9.17, 15) is 4.79 Å². The van der Waals surface area contributed by atoms with Crippen molar-refractivity contribution in [2.75, 3.05) is 40.4 Å². The highest BCUT2D eigenvalue weighted by Gasteiger charge is 2.22. The fraction of sp³-hybridized carbons (Fsp3) is 0.214. The molecule has 1 amide bonds. The van der Waals surface area contributed by atoms with Gasteiger partial charge in [-0.2, -0.15) is 0 Å². The molecule has 0 unspecified atom stereocenters. The zero-order valence-corrected chi connectivity index (χ0v) is 22.1. The second kappa shape index (κ2) is 11.7. The van der Waals surface area contributed by atoms with Crippen molar-refractivity contribution in [1.82, 2.24) is 4.98 Å². The maximum atomic E-state index is 13.6. The smallest absolute Gasteiger partial charge is 0.253 e. The monoisotopic (exact) mass is 520 g/mol. The van der Waals surface area contributed by atoms with Crippen molar-refractivity contribution in [3.8, 4) is 28.7 Å². The van der Waals surface area contributed by atoms with E-state index in [0.29, 0.717) is 45.9 Å². The van der Waals surface area contributed by atoms with Crippen LogP contribution in [0.1, 0.15) is 11.1 Å². The number of hydrogen-bond donors (Lipinski definition) is 0. The SMILES string of the molecule is COc1cc(/C=C/C(=O)N(Cc2ccccc2)c2nc3c(OC)ccc(OC)c3s2)cc(OC)c1OC. The van der Waals surface area contributed by atoms with Gasteiger partial charge in [0.2, 0.25) is 5.75 Å². The maximum absolute atomic E-state index is 13.6. The molecule has 4 aromatic rings. The Labute approximate surface area is 219 Å². The molecule has 0 aliphatic carbocycles. The summed E-state index contributed by atoms with van der Waals surface area (Å²) in [5.41, 5.74) is 2.33. The summed E-state index contributed by atoms with van der Waals surface area (Å²) in [6.07, 6.45) is 3.21. The summed E-state index contributed by atoms with van der Waals surface area (Å²) in [4.78, 5) is 20.0. The van der Waals surface area contributed by atoms with Gasteiger partial charge in [-0.05, 0) is 41.5 Å². The predicted octanol–water partition coefficient (Wildman–Crippen LogP) is 5.59. The number of anilines is 1. The maximum Gasteiger partial charge on any atom is 0.253 e. The van der Waals surface area contributed by atoms with Crippen molar-refractivity contribution < 1.29 is 28.5 Å². The minimum Gasteiger partial charge on any atom is -0.495 e. The van der Waals surface area contributed by atoms with E-state index in [2.05, 4.69) is 0 Å². The molecule has 0 spiro atoms. The summed E-state index contributed by atoms with van der Waals surface area (Å²) in [5.74, 6) is 2.52. The molecule has 0 aliphatic rings. The number of carbonyl (C=O) groups excluding carboxylic acids is 1. The van der Waals surface area contributed by atoms with E-state index in [0.717, 1.165) is 15.8 Å². The van der Waals surface area contributed by atoms with Crippen molar-refractivity contribution in [3.63, 3.8) is 0 Å². The first kappa shape index (κ1) is 25.8. The van der Waals surface area contributed by atoms with Gasteiger partial charge >= 0.3 is 0 Å². The molecule has 8 nitrogen and oxygen atoms in total. The zero-order chi connectivity index (χ0) is 26.4. The average molecular weight is 521 g/mol. The third-order valence-corrected chi connectivity index (χ3v) is 6.78. The summed E-state index contributed by atoms with van der Waals surface area (Å²) in [5, 5.41) is 0.529. The molecule has 0 radical (unpaired) electrons. The number of amides is 1. The van der Waals surface area contributed by atoms with Crippen LogP contribution < -0.4 is 28.6 Å². The lowest BCUT2D eigenvalue weighted by atomic mass is 10.1. The van der Waals surface area contributed by atoms with Gasteiger partial charge < -0.3 is 23.7 Å². The van der Waals surface area contributed by atoms with Gasteiger partial charge in [0.25, 0.3) is 5.91 Å². The number of carbonyl (C=O) groups is 1. The molecule has 0 saturated carbocycles. The highest BCUT2D eigenvalue weighted by atomic mass is 32.1. The topological polar surface area (TPSA) is 79.4 Å². The molecular weight excluding hydrogens is 492 g/mol. The number of rotatable bonds is 10. The molecule has 0 bridgehead atoms. The Kier molecular flexibility index (Phi) is 8.15. The molecule has 37 heavy (non-hydrogen) atoms. The van der Waals surface area contributed by atoms with Crippen molar-refractivity contribution >= 4 is 38.7 Å². The van der Waals surface area contributed by atoms with Crippen LogP contribution in [-0.2, 0) is 11.3 Å². The molecule has 4 rings (SSSR count). The fourth-order valence-electron chi connectivity index (χ4n) is 3.85. The molecule has 1 heterocycles. The van der Waals surface area contributed by atoms with E-state index in [1.54, 1.807) is 64.7 Å². The number of aromatic nitrogens is 1. The van der Waals surface area contributed by atoms with Crippen molar-refractivity contribution in [1.29, 1.82) is 0 Å². The van der Waals surface area contributed by atoms with Gasteiger partial charge in [0, 0.05) is 6.08 Å². The first-order valence-electron chi connectivity index (χ1n) is 11.4. The van der Waals surface area contributed by atoms with E-state index in [1.807, 2.05) is 36.4 Å². The summed E-state index contributed by atoms with van der Waals surface area (Å²) in [7, 11) is 7.84. The van der Waals surface area contributed by atoms with Gasteiger partial charge in [-0.15, -0.1) is 0 Å². The predicted molar refractivity (Wildman–Crippen MR) is 145 cm³/mol. The van der Waals surface area contributed by atoms with Gasteiger partial charge in [0.1, 0.15) is 21.7 Å². The Balaban J connectivity index is 1.74. The van der Waals surface area contributed by atoms with Crippen LogP contribution >= 0.6 is 11.3 Å². The molecule has 0 aliphatic heterocycles. The third-order valence-electron chi connectivity index (χ3n) is 5.68. The summed E-state index contributed by atoms with van der Waals surface area (Å²) in [6.45, 7) is 0.337. The largest absolute Gasteiger partial charge is 0.495 e. The van der Waals surface area contributed by atoms with Crippen LogP contribution in [0.2, 0.25) is 0 Å². The second-order valence-corrected chi connectivity index (χ2v) is 8.82. The molecular formula is C28H28N2O6S. The minimum absolute atomic E-state index is 0.241. The fourth-order valence-corrected chi connectivity index (χ4v) is 4.93. The Morgan fingerprint density at radius 2 is 1.46 bits per heavy atom.